The van der Waals surface area contributed by atoms with Gasteiger partial charge in [0.1, 0.15) is 6.54 Å². The van der Waals surface area contributed by atoms with Gasteiger partial charge in [0.05, 0.1) is 11.4 Å². The molecule has 0 saturated carbocycles. The Bertz CT molecular complexity index is 1220. The molecular weight excluding hydrogens is 376 g/mol. The zero-order valence-electron chi connectivity index (χ0n) is 17.8. The molecule has 0 atom stereocenters. The van der Waals surface area contributed by atoms with Gasteiger partial charge in [0.2, 0.25) is 5.91 Å². The number of benzene rings is 1. The third-order valence-electron chi connectivity index (χ3n) is 5.28. The summed E-state index contributed by atoms with van der Waals surface area (Å²) in [6.07, 6.45) is 3.75. The predicted octanol–water partition coefficient (Wildman–Crippen LogP) is 3.56. The van der Waals surface area contributed by atoms with Gasteiger partial charge in [-0.3, -0.25) is 9.48 Å². The highest BCUT2D eigenvalue weighted by molar-refractivity contribution is 5.95. The van der Waals surface area contributed by atoms with Crippen LogP contribution in [-0.4, -0.2) is 30.5 Å². The van der Waals surface area contributed by atoms with Crippen molar-refractivity contribution in [2.24, 2.45) is 0 Å². The number of amides is 1. The summed E-state index contributed by atoms with van der Waals surface area (Å²) in [6.45, 7) is 9.41. The van der Waals surface area contributed by atoms with Crippen molar-refractivity contribution in [3.05, 3.63) is 65.2 Å². The quantitative estimate of drug-likeness (QED) is 0.535. The number of rotatable bonds is 6. The first-order valence-corrected chi connectivity index (χ1v) is 10.1. The number of carbonyl (C=O) groups is 1. The van der Waals surface area contributed by atoms with E-state index in [1.807, 2.05) is 43.8 Å². The number of pyridine rings is 1. The number of carbonyl (C=O) groups excluding carboxylic acids is 1. The lowest BCUT2D eigenvalue weighted by molar-refractivity contribution is -0.121. The Morgan fingerprint density at radius 1 is 1.10 bits per heavy atom. The molecule has 0 aliphatic heterocycles. The fraction of sp³-hybridized carbons (Fsp3) is 0.304. The second-order valence-corrected chi connectivity index (χ2v) is 7.54. The summed E-state index contributed by atoms with van der Waals surface area (Å²) in [6, 6.07) is 10.4. The summed E-state index contributed by atoms with van der Waals surface area (Å²) in [5, 5.41) is 13.0. The van der Waals surface area contributed by atoms with E-state index in [1.54, 1.807) is 10.9 Å². The zero-order valence-corrected chi connectivity index (χ0v) is 17.8. The van der Waals surface area contributed by atoms with E-state index in [2.05, 4.69) is 45.6 Å². The van der Waals surface area contributed by atoms with Crippen LogP contribution in [0, 0.1) is 20.8 Å². The number of aromatic nitrogens is 5. The normalized spacial score (nSPS) is 11.2. The van der Waals surface area contributed by atoms with E-state index in [0.29, 0.717) is 6.54 Å². The first-order valence-electron chi connectivity index (χ1n) is 10.1. The number of nitrogens with zero attached hydrogens (tertiary/aromatic N) is 5. The van der Waals surface area contributed by atoms with Crippen LogP contribution >= 0.6 is 0 Å². The maximum Gasteiger partial charge on any atom is 0.242 e. The van der Waals surface area contributed by atoms with Crippen molar-refractivity contribution in [1.29, 1.82) is 0 Å². The van der Waals surface area contributed by atoms with E-state index in [0.717, 1.165) is 45.7 Å². The maximum absolute atomic E-state index is 12.6. The molecule has 1 amide bonds. The Morgan fingerprint density at radius 2 is 1.93 bits per heavy atom. The molecule has 0 unspecified atom stereocenters. The van der Waals surface area contributed by atoms with E-state index < -0.39 is 0 Å². The standard InChI is InChI=1S/C23H26N6O/c1-5-28-13-19(16(3)26-28)12-25-21(30)14-29-23-22(17(4)27-29)20(9-10-24-23)18-8-6-7-15(2)11-18/h6-11,13H,5,12,14H2,1-4H3,(H,25,30). The Kier molecular flexibility index (Phi) is 5.35. The van der Waals surface area contributed by atoms with Crippen LogP contribution in [0.2, 0.25) is 0 Å². The molecule has 3 heterocycles. The van der Waals surface area contributed by atoms with Crippen LogP contribution < -0.4 is 5.32 Å². The molecule has 1 aromatic carbocycles. The number of hydrogen-bond donors (Lipinski definition) is 1. The van der Waals surface area contributed by atoms with E-state index in [4.69, 9.17) is 0 Å². The van der Waals surface area contributed by atoms with E-state index in [-0.39, 0.29) is 12.5 Å². The summed E-state index contributed by atoms with van der Waals surface area (Å²) in [4.78, 5) is 17.1. The molecule has 0 aliphatic carbocycles. The molecule has 0 aliphatic rings. The molecule has 0 bridgehead atoms. The lowest BCUT2D eigenvalue weighted by Crippen LogP contribution is -2.27. The van der Waals surface area contributed by atoms with E-state index in [1.165, 1.54) is 5.56 Å². The average molecular weight is 403 g/mol. The van der Waals surface area contributed by atoms with Gasteiger partial charge in [-0.05, 0) is 44.9 Å². The van der Waals surface area contributed by atoms with Crippen LogP contribution in [0.5, 0.6) is 0 Å². The van der Waals surface area contributed by atoms with Crippen molar-refractivity contribution in [2.45, 2.75) is 47.3 Å². The highest BCUT2D eigenvalue weighted by Gasteiger charge is 2.16. The van der Waals surface area contributed by atoms with Crippen LogP contribution in [-0.2, 0) is 24.4 Å². The largest absolute Gasteiger partial charge is 0.350 e. The minimum atomic E-state index is -0.106. The van der Waals surface area contributed by atoms with Gasteiger partial charge >= 0.3 is 0 Å². The number of aryl methyl sites for hydroxylation is 4. The number of nitrogens with one attached hydrogen (secondary N) is 1. The fourth-order valence-electron chi connectivity index (χ4n) is 3.73. The van der Waals surface area contributed by atoms with Crippen molar-refractivity contribution in [3.8, 4) is 11.1 Å². The van der Waals surface area contributed by atoms with Crippen molar-refractivity contribution in [1.82, 2.24) is 29.9 Å². The maximum atomic E-state index is 12.6. The van der Waals surface area contributed by atoms with Gasteiger partial charge in [-0.2, -0.15) is 10.2 Å². The van der Waals surface area contributed by atoms with E-state index in [9.17, 15) is 4.79 Å². The van der Waals surface area contributed by atoms with Crippen molar-refractivity contribution in [3.63, 3.8) is 0 Å². The van der Waals surface area contributed by atoms with Gasteiger partial charge < -0.3 is 5.32 Å². The molecule has 7 nitrogen and oxygen atoms in total. The second kappa shape index (κ2) is 8.10. The summed E-state index contributed by atoms with van der Waals surface area (Å²) < 4.78 is 3.56. The molecule has 30 heavy (non-hydrogen) atoms. The summed E-state index contributed by atoms with van der Waals surface area (Å²) >= 11 is 0. The van der Waals surface area contributed by atoms with Crippen molar-refractivity contribution >= 4 is 16.9 Å². The SMILES string of the molecule is CCn1cc(CNC(=O)Cn2nc(C)c3c(-c4cccc(C)c4)ccnc32)c(C)n1. The van der Waals surface area contributed by atoms with Crippen LogP contribution in [0.15, 0.2) is 42.7 Å². The Morgan fingerprint density at radius 3 is 2.67 bits per heavy atom. The Labute approximate surface area is 175 Å². The van der Waals surface area contributed by atoms with Crippen molar-refractivity contribution < 1.29 is 4.79 Å². The molecule has 0 fully saturated rings. The third-order valence-corrected chi connectivity index (χ3v) is 5.28. The molecule has 7 heteroatoms. The molecule has 154 valence electrons. The lowest BCUT2D eigenvalue weighted by Gasteiger charge is -2.07. The molecule has 0 radical (unpaired) electrons. The van der Waals surface area contributed by atoms with Gasteiger partial charge in [0.15, 0.2) is 5.65 Å². The van der Waals surface area contributed by atoms with E-state index >= 15 is 0 Å². The first kappa shape index (κ1) is 19.8. The average Bonchev–Trinajstić information content (AvgIpc) is 3.26. The van der Waals surface area contributed by atoms with Crippen LogP contribution in [0.3, 0.4) is 0 Å². The number of hydrogen-bond acceptors (Lipinski definition) is 4. The Balaban J connectivity index is 1.57. The molecule has 0 saturated heterocycles. The molecule has 4 rings (SSSR count). The minimum absolute atomic E-state index is 0.106. The third kappa shape index (κ3) is 3.83. The minimum Gasteiger partial charge on any atom is -0.350 e. The van der Waals surface area contributed by atoms with Gasteiger partial charge in [-0.1, -0.05) is 29.8 Å². The fourth-order valence-corrected chi connectivity index (χ4v) is 3.73. The zero-order chi connectivity index (χ0) is 21.3. The highest BCUT2D eigenvalue weighted by Crippen LogP contribution is 2.30. The lowest BCUT2D eigenvalue weighted by atomic mass is 10.0. The smallest absolute Gasteiger partial charge is 0.242 e. The predicted molar refractivity (Wildman–Crippen MR) is 117 cm³/mol. The topological polar surface area (TPSA) is 77.6 Å². The van der Waals surface area contributed by atoms with Gasteiger partial charge in [0, 0.05) is 36.4 Å². The molecular formula is C23H26N6O. The molecule has 0 spiro atoms. The number of fused-ring (bicyclic) bond motifs is 1. The summed E-state index contributed by atoms with van der Waals surface area (Å²) in [7, 11) is 0. The van der Waals surface area contributed by atoms with Gasteiger partial charge in [-0.15, -0.1) is 0 Å². The van der Waals surface area contributed by atoms with Crippen LogP contribution in [0.25, 0.3) is 22.2 Å². The summed E-state index contributed by atoms with van der Waals surface area (Å²) in [5.41, 5.74) is 6.93. The molecule has 1 N–H and O–H groups in total. The molecule has 3 aromatic heterocycles. The second-order valence-electron chi connectivity index (χ2n) is 7.54. The van der Waals surface area contributed by atoms with Crippen molar-refractivity contribution in [2.75, 3.05) is 0 Å². The Hall–Kier alpha value is -3.48. The van der Waals surface area contributed by atoms with Gasteiger partial charge in [0.25, 0.3) is 0 Å². The van der Waals surface area contributed by atoms with Crippen LogP contribution in [0.4, 0.5) is 0 Å². The first-order chi connectivity index (χ1) is 14.5. The van der Waals surface area contributed by atoms with Crippen LogP contribution in [0.1, 0.15) is 29.4 Å². The monoisotopic (exact) mass is 402 g/mol. The summed E-state index contributed by atoms with van der Waals surface area (Å²) in [5.74, 6) is -0.106. The highest BCUT2D eigenvalue weighted by atomic mass is 16.2. The van der Waals surface area contributed by atoms with Gasteiger partial charge in [-0.25, -0.2) is 9.67 Å². The molecule has 4 aromatic rings.